The molecule has 0 aliphatic carbocycles. The number of aryl methyl sites for hydroxylation is 1. The quantitative estimate of drug-likeness (QED) is 0.894. The van der Waals surface area contributed by atoms with Gasteiger partial charge in [-0.1, -0.05) is 6.92 Å². The number of piperazine rings is 1. The molecule has 1 aliphatic rings. The fourth-order valence-corrected chi connectivity index (χ4v) is 3.92. The van der Waals surface area contributed by atoms with E-state index < -0.39 is 0 Å². The van der Waals surface area contributed by atoms with E-state index >= 15 is 0 Å². The molecule has 108 valence electrons. The van der Waals surface area contributed by atoms with Gasteiger partial charge in [-0.05, 0) is 51.0 Å². The van der Waals surface area contributed by atoms with Crippen molar-refractivity contribution in [3.63, 3.8) is 0 Å². The van der Waals surface area contributed by atoms with E-state index in [0.717, 1.165) is 6.54 Å². The van der Waals surface area contributed by atoms with Crippen molar-refractivity contribution < 1.29 is 0 Å². The first kappa shape index (κ1) is 15.0. The highest BCUT2D eigenvalue weighted by atomic mass is 32.1. The minimum atomic E-state index is 0.504. The number of nitrogens with one attached hydrogen (secondary N) is 1. The number of nitrogens with zero attached hydrogens (tertiary/aromatic N) is 2. The number of likely N-dealkylation sites (N-methyl/N-ethyl adjacent to an activating group) is 2. The third-order valence-corrected chi connectivity index (χ3v) is 5.29. The summed E-state index contributed by atoms with van der Waals surface area (Å²) < 4.78 is 0. The van der Waals surface area contributed by atoms with Gasteiger partial charge in [0.2, 0.25) is 0 Å². The summed E-state index contributed by atoms with van der Waals surface area (Å²) in [5.74, 6) is 0. The van der Waals surface area contributed by atoms with E-state index in [4.69, 9.17) is 0 Å². The monoisotopic (exact) mass is 281 g/mol. The van der Waals surface area contributed by atoms with E-state index in [2.05, 4.69) is 54.5 Å². The molecule has 2 atom stereocenters. The maximum atomic E-state index is 3.67. The van der Waals surface area contributed by atoms with E-state index in [1.807, 2.05) is 11.3 Å². The zero-order chi connectivity index (χ0) is 13.8. The van der Waals surface area contributed by atoms with Crippen LogP contribution in [0.4, 0.5) is 0 Å². The van der Waals surface area contributed by atoms with Crippen molar-refractivity contribution in [1.82, 2.24) is 15.1 Å². The standard InChI is InChI=1S/C15H27N3S/c1-5-16-14(15-12(2)6-9-19-15)10-13-11-17(3)7-8-18(13)4/h6,9,13-14,16H,5,7-8,10-11H2,1-4H3. The van der Waals surface area contributed by atoms with Crippen molar-refractivity contribution >= 4 is 11.3 Å². The second kappa shape index (κ2) is 6.84. The summed E-state index contributed by atoms with van der Waals surface area (Å²) in [4.78, 5) is 6.49. The lowest BCUT2D eigenvalue weighted by atomic mass is 10.0. The van der Waals surface area contributed by atoms with Gasteiger partial charge < -0.3 is 15.1 Å². The molecule has 1 fully saturated rings. The molecule has 4 heteroatoms. The molecule has 1 aromatic rings. The average Bonchev–Trinajstić information content (AvgIpc) is 2.79. The van der Waals surface area contributed by atoms with Crippen LogP contribution in [0, 0.1) is 6.92 Å². The topological polar surface area (TPSA) is 18.5 Å². The first-order valence-electron chi connectivity index (χ1n) is 7.28. The van der Waals surface area contributed by atoms with E-state index in [9.17, 15) is 0 Å². The third kappa shape index (κ3) is 3.78. The Bertz CT molecular complexity index is 390. The third-order valence-electron chi connectivity index (χ3n) is 4.16. The number of hydrogen-bond acceptors (Lipinski definition) is 4. The molecule has 1 N–H and O–H groups in total. The Balaban J connectivity index is 2.06. The summed E-state index contributed by atoms with van der Waals surface area (Å²) >= 11 is 1.89. The lowest BCUT2D eigenvalue weighted by molar-refractivity contribution is 0.101. The van der Waals surface area contributed by atoms with Crippen LogP contribution < -0.4 is 5.32 Å². The van der Waals surface area contributed by atoms with Gasteiger partial charge in [-0.15, -0.1) is 11.3 Å². The van der Waals surface area contributed by atoms with Crippen molar-refractivity contribution in [3.05, 3.63) is 21.9 Å². The molecule has 1 saturated heterocycles. The molecule has 0 saturated carbocycles. The fraction of sp³-hybridized carbons (Fsp3) is 0.733. The van der Waals surface area contributed by atoms with Crippen molar-refractivity contribution in [2.75, 3.05) is 40.3 Å². The molecule has 0 bridgehead atoms. The van der Waals surface area contributed by atoms with Crippen LogP contribution in [0.3, 0.4) is 0 Å². The summed E-state index contributed by atoms with van der Waals surface area (Å²) in [6.07, 6.45) is 1.20. The first-order chi connectivity index (χ1) is 9.11. The molecule has 2 unspecified atom stereocenters. The summed E-state index contributed by atoms with van der Waals surface area (Å²) in [5, 5.41) is 5.89. The Morgan fingerprint density at radius 3 is 2.84 bits per heavy atom. The molecule has 1 aromatic heterocycles. The molecule has 2 rings (SSSR count). The molecule has 0 aromatic carbocycles. The predicted octanol–water partition coefficient (Wildman–Crippen LogP) is 2.34. The lowest BCUT2D eigenvalue weighted by Gasteiger charge is -2.39. The highest BCUT2D eigenvalue weighted by Crippen LogP contribution is 2.29. The van der Waals surface area contributed by atoms with E-state index in [-0.39, 0.29) is 0 Å². The molecular weight excluding hydrogens is 254 g/mol. The van der Waals surface area contributed by atoms with Gasteiger partial charge in [0.1, 0.15) is 0 Å². The van der Waals surface area contributed by atoms with E-state index in [1.165, 1.54) is 36.5 Å². The fourth-order valence-electron chi connectivity index (χ4n) is 2.90. The number of rotatable bonds is 5. The summed E-state index contributed by atoms with van der Waals surface area (Å²) in [5.41, 5.74) is 1.43. The van der Waals surface area contributed by atoms with Gasteiger partial charge in [0.05, 0.1) is 0 Å². The zero-order valence-corrected chi connectivity index (χ0v) is 13.5. The van der Waals surface area contributed by atoms with Crippen LogP contribution in [0.25, 0.3) is 0 Å². The highest BCUT2D eigenvalue weighted by Gasteiger charge is 2.26. The molecule has 0 radical (unpaired) electrons. The lowest BCUT2D eigenvalue weighted by Crippen LogP contribution is -2.51. The van der Waals surface area contributed by atoms with Gasteiger partial charge in [-0.2, -0.15) is 0 Å². The van der Waals surface area contributed by atoms with Crippen molar-refractivity contribution in [2.24, 2.45) is 0 Å². The Hall–Kier alpha value is -0.420. The Labute approximate surface area is 121 Å². The van der Waals surface area contributed by atoms with Gasteiger partial charge in [-0.25, -0.2) is 0 Å². The van der Waals surface area contributed by atoms with Crippen LogP contribution >= 0.6 is 11.3 Å². The van der Waals surface area contributed by atoms with Gasteiger partial charge >= 0.3 is 0 Å². The van der Waals surface area contributed by atoms with Gasteiger partial charge in [0, 0.05) is 36.6 Å². The first-order valence-corrected chi connectivity index (χ1v) is 8.16. The smallest absolute Gasteiger partial charge is 0.0432 e. The summed E-state index contributed by atoms with van der Waals surface area (Å²) in [7, 11) is 4.50. The van der Waals surface area contributed by atoms with Gasteiger partial charge in [0.25, 0.3) is 0 Å². The molecule has 19 heavy (non-hydrogen) atoms. The van der Waals surface area contributed by atoms with Crippen LogP contribution in [0.5, 0.6) is 0 Å². The molecule has 0 spiro atoms. The molecule has 1 aliphatic heterocycles. The maximum Gasteiger partial charge on any atom is 0.0432 e. The second-order valence-electron chi connectivity index (χ2n) is 5.71. The number of hydrogen-bond donors (Lipinski definition) is 1. The molecule has 2 heterocycles. The van der Waals surface area contributed by atoms with Crippen molar-refractivity contribution in [3.8, 4) is 0 Å². The Kier molecular flexibility index (Phi) is 5.39. The minimum Gasteiger partial charge on any atom is -0.309 e. The highest BCUT2D eigenvalue weighted by molar-refractivity contribution is 7.10. The molecular formula is C15H27N3S. The Morgan fingerprint density at radius 1 is 1.42 bits per heavy atom. The molecule has 3 nitrogen and oxygen atoms in total. The van der Waals surface area contributed by atoms with E-state index in [1.54, 1.807) is 0 Å². The molecule has 0 amide bonds. The average molecular weight is 281 g/mol. The van der Waals surface area contributed by atoms with Crippen molar-refractivity contribution in [2.45, 2.75) is 32.4 Å². The maximum absolute atomic E-state index is 3.67. The summed E-state index contributed by atoms with van der Waals surface area (Å²) in [6, 6.07) is 3.40. The predicted molar refractivity (Wildman–Crippen MR) is 84.0 cm³/mol. The normalized spacial score (nSPS) is 23.7. The van der Waals surface area contributed by atoms with Crippen LogP contribution in [0.15, 0.2) is 11.4 Å². The zero-order valence-electron chi connectivity index (χ0n) is 12.6. The number of thiophene rings is 1. The van der Waals surface area contributed by atoms with Crippen LogP contribution in [-0.4, -0.2) is 56.1 Å². The van der Waals surface area contributed by atoms with E-state index in [0.29, 0.717) is 12.1 Å². The summed E-state index contributed by atoms with van der Waals surface area (Å²) in [6.45, 7) is 9.02. The van der Waals surface area contributed by atoms with Gasteiger partial charge in [-0.3, -0.25) is 0 Å². The Morgan fingerprint density at radius 2 is 2.21 bits per heavy atom. The van der Waals surface area contributed by atoms with Crippen LogP contribution in [0.1, 0.15) is 29.8 Å². The van der Waals surface area contributed by atoms with Crippen molar-refractivity contribution in [1.29, 1.82) is 0 Å². The minimum absolute atomic E-state index is 0.504. The SMILES string of the molecule is CCNC(CC1CN(C)CCN1C)c1sccc1C. The van der Waals surface area contributed by atoms with Crippen LogP contribution in [-0.2, 0) is 0 Å². The largest absolute Gasteiger partial charge is 0.309 e. The van der Waals surface area contributed by atoms with Crippen LogP contribution in [0.2, 0.25) is 0 Å². The van der Waals surface area contributed by atoms with Gasteiger partial charge in [0.15, 0.2) is 0 Å². The second-order valence-corrected chi connectivity index (χ2v) is 6.66.